The molecule has 32 heavy (non-hydrogen) atoms. The molecule has 0 saturated carbocycles. The van der Waals surface area contributed by atoms with E-state index in [9.17, 15) is 18.8 Å². The molecule has 2 aromatic heterocycles. The summed E-state index contributed by atoms with van der Waals surface area (Å²) in [5, 5.41) is 4.59. The van der Waals surface area contributed by atoms with Crippen LogP contribution >= 0.6 is 11.3 Å². The first-order valence-corrected chi connectivity index (χ1v) is 11.0. The third kappa shape index (κ3) is 3.89. The van der Waals surface area contributed by atoms with Crippen LogP contribution in [0.25, 0.3) is 15.9 Å². The van der Waals surface area contributed by atoms with E-state index < -0.39 is 17.1 Å². The average Bonchev–Trinajstić information content (AvgIpc) is 3.23. The molecule has 0 unspecified atom stereocenters. The summed E-state index contributed by atoms with van der Waals surface area (Å²) in [5.41, 5.74) is 1.66. The predicted molar refractivity (Wildman–Crippen MR) is 126 cm³/mol. The van der Waals surface area contributed by atoms with Crippen LogP contribution in [0.3, 0.4) is 0 Å². The maximum absolute atomic E-state index is 13.6. The van der Waals surface area contributed by atoms with Crippen molar-refractivity contribution in [1.29, 1.82) is 0 Å². The van der Waals surface area contributed by atoms with Gasteiger partial charge in [-0.2, -0.15) is 0 Å². The maximum atomic E-state index is 13.6. The van der Waals surface area contributed by atoms with Crippen LogP contribution in [-0.2, 0) is 11.3 Å². The number of rotatable bonds is 5. The van der Waals surface area contributed by atoms with Crippen molar-refractivity contribution >= 4 is 33.1 Å². The Balaban J connectivity index is 1.80. The van der Waals surface area contributed by atoms with Crippen molar-refractivity contribution in [3.05, 3.63) is 91.7 Å². The van der Waals surface area contributed by atoms with E-state index in [-0.39, 0.29) is 24.1 Å². The minimum absolute atomic E-state index is 0.209. The lowest BCUT2D eigenvalue weighted by Crippen LogP contribution is -2.40. The molecule has 4 aromatic rings. The van der Waals surface area contributed by atoms with Gasteiger partial charge in [0.1, 0.15) is 17.1 Å². The highest BCUT2D eigenvalue weighted by molar-refractivity contribution is 7.17. The molecule has 0 bridgehead atoms. The van der Waals surface area contributed by atoms with Gasteiger partial charge < -0.3 is 5.32 Å². The fraction of sp³-hybridized carbons (Fsp3) is 0.208. The molecule has 8 heteroatoms. The number of hydrogen-bond donors (Lipinski definition) is 1. The number of fused-ring (bicyclic) bond motifs is 1. The van der Waals surface area contributed by atoms with Crippen LogP contribution in [0.15, 0.2) is 63.5 Å². The molecule has 0 spiro atoms. The van der Waals surface area contributed by atoms with Gasteiger partial charge in [-0.25, -0.2) is 13.8 Å². The third-order valence-electron chi connectivity index (χ3n) is 5.31. The highest BCUT2D eigenvalue weighted by atomic mass is 32.1. The zero-order chi connectivity index (χ0) is 23.0. The molecule has 164 valence electrons. The molecule has 0 aliphatic heterocycles. The van der Waals surface area contributed by atoms with Gasteiger partial charge in [-0.05, 0) is 59.7 Å². The van der Waals surface area contributed by atoms with E-state index in [1.165, 1.54) is 34.1 Å². The minimum Gasteiger partial charge on any atom is -0.324 e. The summed E-state index contributed by atoms with van der Waals surface area (Å²) < 4.78 is 16.2. The lowest BCUT2D eigenvalue weighted by Gasteiger charge is -2.16. The summed E-state index contributed by atoms with van der Waals surface area (Å²) in [5.74, 6) is -0.630. The van der Waals surface area contributed by atoms with E-state index >= 15 is 0 Å². The number of halogens is 1. The quantitative estimate of drug-likeness (QED) is 0.488. The van der Waals surface area contributed by atoms with E-state index in [0.717, 1.165) is 10.1 Å². The molecule has 0 atom stereocenters. The van der Waals surface area contributed by atoms with Crippen LogP contribution in [0.4, 0.5) is 10.1 Å². The number of hydrogen-bond acceptors (Lipinski definition) is 4. The van der Waals surface area contributed by atoms with Gasteiger partial charge in [-0.3, -0.25) is 14.2 Å². The van der Waals surface area contributed by atoms with Crippen LogP contribution in [0, 0.1) is 12.7 Å². The van der Waals surface area contributed by atoms with Crippen molar-refractivity contribution in [3.63, 3.8) is 0 Å². The highest BCUT2D eigenvalue weighted by Gasteiger charge is 2.19. The summed E-state index contributed by atoms with van der Waals surface area (Å²) in [6.45, 7) is 5.43. The van der Waals surface area contributed by atoms with Crippen molar-refractivity contribution in [2.45, 2.75) is 33.2 Å². The van der Waals surface area contributed by atoms with E-state index in [1.807, 2.05) is 38.1 Å². The predicted octanol–water partition coefficient (Wildman–Crippen LogP) is 4.42. The number of anilines is 1. The van der Waals surface area contributed by atoms with Gasteiger partial charge in [0, 0.05) is 5.69 Å². The topological polar surface area (TPSA) is 73.1 Å². The second kappa shape index (κ2) is 8.55. The van der Waals surface area contributed by atoms with Crippen molar-refractivity contribution in [2.24, 2.45) is 0 Å². The molecule has 1 N–H and O–H groups in total. The molecule has 0 radical (unpaired) electrons. The van der Waals surface area contributed by atoms with Crippen LogP contribution in [-0.4, -0.2) is 15.0 Å². The first kappa shape index (κ1) is 21.7. The first-order chi connectivity index (χ1) is 15.3. The van der Waals surface area contributed by atoms with Gasteiger partial charge in [0.15, 0.2) is 0 Å². The van der Waals surface area contributed by atoms with Crippen LogP contribution in [0.2, 0.25) is 0 Å². The number of carbonyl (C=O) groups excluding carboxylic acids is 1. The van der Waals surface area contributed by atoms with Crippen molar-refractivity contribution in [1.82, 2.24) is 9.13 Å². The first-order valence-electron chi connectivity index (χ1n) is 10.2. The Hall–Kier alpha value is -3.52. The Morgan fingerprint density at radius 3 is 2.59 bits per heavy atom. The zero-order valence-electron chi connectivity index (χ0n) is 17.9. The summed E-state index contributed by atoms with van der Waals surface area (Å²) in [4.78, 5) is 39.3. The summed E-state index contributed by atoms with van der Waals surface area (Å²) in [6.07, 6.45) is 0. The number of amides is 1. The molecular weight excluding hydrogens is 429 g/mol. The lowest BCUT2D eigenvalue weighted by molar-refractivity contribution is -0.116. The lowest BCUT2D eigenvalue weighted by atomic mass is 10.0. The second-order valence-corrected chi connectivity index (χ2v) is 8.78. The Morgan fingerprint density at radius 2 is 1.88 bits per heavy atom. The molecule has 2 heterocycles. The summed E-state index contributed by atoms with van der Waals surface area (Å²) in [7, 11) is 0. The number of aryl methyl sites for hydroxylation is 1. The van der Waals surface area contributed by atoms with Crippen molar-refractivity contribution in [2.75, 3.05) is 5.32 Å². The number of para-hydroxylation sites is 1. The standard InChI is InChI=1S/C24H22FN3O3S/c1-14(2)17-6-4-5-7-18(17)26-21(29)13-27-20-10-11-32-22(20)23(30)28(24(27)31)19-9-8-16(25)12-15(19)3/h4-12,14H,13H2,1-3H3,(H,26,29). The SMILES string of the molecule is Cc1cc(F)ccc1-n1c(=O)c2sccc2n(CC(=O)Nc2ccccc2C(C)C)c1=O. The third-order valence-corrected chi connectivity index (χ3v) is 6.20. The van der Waals surface area contributed by atoms with Gasteiger partial charge >= 0.3 is 5.69 Å². The van der Waals surface area contributed by atoms with E-state index in [0.29, 0.717) is 21.5 Å². The normalized spacial score (nSPS) is 11.3. The molecule has 0 aliphatic carbocycles. The molecule has 0 saturated heterocycles. The van der Waals surface area contributed by atoms with E-state index in [1.54, 1.807) is 18.4 Å². The van der Waals surface area contributed by atoms with Gasteiger partial charge in [-0.1, -0.05) is 32.0 Å². The maximum Gasteiger partial charge on any atom is 0.336 e. The average molecular weight is 452 g/mol. The highest BCUT2D eigenvalue weighted by Crippen LogP contribution is 2.24. The summed E-state index contributed by atoms with van der Waals surface area (Å²) >= 11 is 1.19. The minimum atomic E-state index is -0.650. The monoisotopic (exact) mass is 451 g/mol. The van der Waals surface area contributed by atoms with Gasteiger partial charge in [0.2, 0.25) is 5.91 Å². The van der Waals surface area contributed by atoms with E-state index in [2.05, 4.69) is 5.32 Å². The Kier molecular flexibility index (Phi) is 5.80. The number of nitrogens with one attached hydrogen (secondary N) is 1. The second-order valence-electron chi connectivity index (χ2n) is 7.87. The van der Waals surface area contributed by atoms with Gasteiger partial charge in [-0.15, -0.1) is 11.3 Å². The molecule has 1 amide bonds. The van der Waals surface area contributed by atoms with Crippen LogP contribution in [0.1, 0.15) is 30.9 Å². The molecule has 2 aromatic carbocycles. The van der Waals surface area contributed by atoms with Crippen molar-refractivity contribution < 1.29 is 9.18 Å². The number of nitrogens with zero attached hydrogens (tertiary/aromatic N) is 2. The number of thiophene rings is 1. The molecule has 0 fully saturated rings. The molecule has 4 rings (SSSR count). The number of benzene rings is 2. The summed E-state index contributed by atoms with van der Waals surface area (Å²) in [6, 6.07) is 13.0. The fourth-order valence-corrected chi connectivity index (χ4v) is 4.59. The fourth-order valence-electron chi connectivity index (χ4n) is 3.77. The molecule has 0 aliphatic rings. The molecule has 6 nitrogen and oxygen atoms in total. The van der Waals surface area contributed by atoms with Gasteiger partial charge in [0.05, 0.1) is 11.2 Å². The Labute approximate surface area is 187 Å². The molecular formula is C24H22FN3O3S. The van der Waals surface area contributed by atoms with Crippen LogP contribution in [0.5, 0.6) is 0 Å². The van der Waals surface area contributed by atoms with Crippen molar-refractivity contribution in [3.8, 4) is 5.69 Å². The Bertz CT molecular complexity index is 1450. The zero-order valence-corrected chi connectivity index (χ0v) is 18.7. The van der Waals surface area contributed by atoms with E-state index in [4.69, 9.17) is 0 Å². The number of carbonyl (C=O) groups is 1. The Morgan fingerprint density at radius 1 is 1.12 bits per heavy atom. The largest absolute Gasteiger partial charge is 0.336 e. The van der Waals surface area contributed by atoms with Crippen LogP contribution < -0.4 is 16.6 Å². The van der Waals surface area contributed by atoms with Gasteiger partial charge in [0.25, 0.3) is 5.56 Å². The number of aromatic nitrogens is 2. The smallest absolute Gasteiger partial charge is 0.324 e.